The molecule has 2 aromatic rings. The number of rotatable bonds is 3. The van der Waals surface area contributed by atoms with Gasteiger partial charge >= 0.3 is 0 Å². The van der Waals surface area contributed by atoms with E-state index in [-0.39, 0.29) is 6.10 Å². The summed E-state index contributed by atoms with van der Waals surface area (Å²) in [5, 5.41) is 0. The number of benzene rings is 1. The minimum Gasteiger partial charge on any atom is -0.372 e. The second kappa shape index (κ2) is 4.71. The molecule has 0 aliphatic rings. The van der Waals surface area contributed by atoms with E-state index in [9.17, 15) is 0 Å². The summed E-state index contributed by atoms with van der Waals surface area (Å²) in [6.07, 6.45) is 3.57. The molecule has 1 aromatic carbocycles. The molecule has 0 saturated carbocycles. The minimum atomic E-state index is -0.0279. The van der Waals surface area contributed by atoms with Crippen LogP contribution in [-0.4, -0.2) is 12.1 Å². The lowest BCUT2D eigenvalue weighted by molar-refractivity contribution is 0.136. The SMILES string of the molecule is COC(c1ccccc1)c1cccnc1. The van der Waals surface area contributed by atoms with Gasteiger partial charge in [-0.25, -0.2) is 0 Å². The number of ether oxygens (including phenoxy) is 1. The van der Waals surface area contributed by atoms with Crippen LogP contribution in [0.3, 0.4) is 0 Å². The topological polar surface area (TPSA) is 22.1 Å². The molecule has 2 heteroatoms. The van der Waals surface area contributed by atoms with E-state index >= 15 is 0 Å². The Morgan fingerprint density at radius 1 is 1.00 bits per heavy atom. The molecular formula is C13H13NO. The molecule has 0 radical (unpaired) electrons. The summed E-state index contributed by atoms with van der Waals surface area (Å²) in [6.45, 7) is 0. The molecule has 2 nitrogen and oxygen atoms in total. The summed E-state index contributed by atoms with van der Waals surface area (Å²) in [4.78, 5) is 4.10. The summed E-state index contributed by atoms with van der Waals surface area (Å²) in [5.74, 6) is 0. The van der Waals surface area contributed by atoms with E-state index in [1.165, 1.54) is 0 Å². The molecule has 0 bridgehead atoms. The fourth-order valence-electron chi connectivity index (χ4n) is 1.62. The van der Waals surface area contributed by atoms with Gasteiger partial charge in [-0.2, -0.15) is 0 Å². The first-order chi connectivity index (χ1) is 7.42. The maximum atomic E-state index is 5.48. The van der Waals surface area contributed by atoms with E-state index in [0.717, 1.165) is 11.1 Å². The Morgan fingerprint density at radius 3 is 2.33 bits per heavy atom. The van der Waals surface area contributed by atoms with Gasteiger partial charge in [0.1, 0.15) is 6.10 Å². The van der Waals surface area contributed by atoms with Gasteiger partial charge in [-0.15, -0.1) is 0 Å². The number of aromatic nitrogens is 1. The zero-order chi connectivity index (χ0) is 10.5. The van der Waals surface area contributed by atoms with E-state index < -0.39 is 0 Å². The highest BCUT2D eigenvalue weighted by Gasteiger charge is 2.11. The lowest BCUT2D eigenvalue weighted by atomic mass is 10.0. The fraction of sp³-hybridized carbons (Fsp3) is 0.154. The molecule has 1 atom stereocenters. The molecule has 0 amide bonds. The third-order valence-electron chi connectivity index (χ3n) is 2.33. The number of hydrogen-bond donors (Lipinski definition) is 0. The van der Waals surface area contributed by atoms with Gasteiger partial charge in [-0.05, 0) is 11.6 Å². The van der Waals surface area contributed by atoms with Gasteiger partial charge in [0.2, 0.25) is 0 Å². The molecule has 1 heterocycles. The molecule has 0 aliphatic heterocycles. The van der Waals surface area contributed by atoms with Crippen LogP contribution in [0.2, 0.25) is 0 Å². The predicted octanol–water partition coefficient (Wildman–Crippen LogP) is 2.82. The average Bonchev–Trinajstić information content (AvgIpc) is 2.33. The highest BCUT2D eigenvalue weighted by molar-refractivity contribution is 5.27. The van der Waals surface area contributed by atoms with Crippen LogP contribution in [0.25, 0.3) is 0 Å². The Labute approximate surface area is 89.6 Å². The fourth-order valence-corrected chi connectivity index (χ4v) is 1.62. The van der Waals surface area contributed by atoms with Crippen LogP contribution in [0.15, 0.2) is 54.9 Å². The van der Waals surface area contributed by atoms with Crippen LogP contribution < -0.4 is 0 Å². The molecular weight excluding hydrogens is 186 g/mol. The minimum absolute atomic E-state index is 0.0279. The average molecular weight is 199 g/mol. The molecule has 15 heavy (non-hydrogen) atoms. The Balaban J connectivity index is 2.34. The van der Waals surface area contributed by atoms with Crippen molar-refractivity contribution in [1.82, 2.24) is 4.98 Å². The van der Waals surface area contributed by atoms with E-state index in [4.69, 9.17) is 4.74 Å². The number of nitrogens with zero attached hydrogens (tertiary/aromatic N) is 1. The Bertz CT molecular complexity index is 360. The van der Waals surface area contributed by atoms with Gasteiger partial charge in [-0.3, -0.25) is 4.98 Å². The molecule has 0 N–H and O–H groups in total. The summed E-state index contributed by atoms with van der Waals surface area (Å²) in [6, 6.07) is 14.1. The first-order valence-electron chi connectivity index (χ1n) is 4.89. The number of methoxy groups -OCH3 is 1. The monoisotopic (exact) mass is 199 g/mol. The van der Waals surface area contributed by atoms with Crippen LogP contribution in [-0.2, 0) is 4.74 Å². The molecule has 1 unspecified atom stereocenters. The maximum Gasteiger partial charge on any atom is 0.109 e. The van der Waals surface area contributed by atoms with Gasteiger partial charge in [0.05, 0.1) is 0 Å². The van der Waals surface area contributed by atoms with Gasteiger partial charge in [0.25, 0.3) is 0 Å². The van der Waals surface area contributed by atoms with Crippen molar-refractivity contribution in [1.29, 1.82) is 0 Å². The van der Waals surface area contributed by atoms with Gasteiger partial charge < -0.3 is 4.74 Å². The summed E-state index contributed by atoms with van der Waals surface area (Å²) in [5.41, 5.74) is 2.22. The Morgan fingerprint density at radius 2 is 1.73 bits per heavy atom. The van der Waals surface area contributed by atoms with Crippen molar-refractivity contribution in [3.63, 3.8) is 0 Å². The quantitative estimate of drug-likeness (QED) is 0.758. The Hall–Kier alpha value is -1.67. The zero-order valence-corrected chi connectivity index (χ0v) is 8.63. The third-order valence-corrected chi connectivity index (χ3v) is 2.33. The zero-order valence-electron chi connectivity index (χ0n) is 8.63. The van der Waals surface area contributed by atoms with Gasteiger partial charge in [0, 0.05) is 25.1 Å². The van der Waals surface area contributed by atoms with Crippen LogP contribution in [0.5, 0.6) is 0 Å². The summed E-state index contributed by atoms with van der Waals surface area (Å²) < 4.78 is 5.48. The van der Waals surface area contributed by atoms with Crippen LogP contribution in [0.1, 0.15) is 17.2 Å². The van der Waals surface area contributed by atoms with Crippen molar-refractivity contribution < 1.29 is 4.74 Å². The van der Waals surface area contributed by atoms with Crippen molar-refractivity contribution in [3.05, 3.63) is 66.0 Å². The molecule has 0 spiro atoms. The first-order valence-corrected chi connectivity index (χ1v) is 4.89. The largest absolute Gasteiger partial charge is 0.372 e. The van der Waals surface area contributed by atoms with Gasteiger partial charge in [0.15, 0.2) is 0 Å². The Kier molecular flexibility index (Phi) is 3.10. The van der Waals surface area contributed by atoms with Crippen molar-refractivity contribution in [2.24, 2.45) is 0 Å². The lowest BCUT2D eigenvalue weighted by Crippen LogP contribution is -2.03. The van der Waals surface area contributed by atoms with Crippen LogP contribution in [0, 0.1) is 0 Å². The molecule has 2 rings (SSSR count). The van der Waals surface area contributed by atoms with Crippen LogP contribution in [0.4, 0.5) is 0 Å². The number of pyridine rings is 1. The standard InChI is InChI=1S/C13H13NO/c1-15-13(11-6-3-2-4-7-11)12-8-5-9-14-10-12/h2-10,13H,1H3. The third kappa shape index (κ3) is 2.22. The highest BCUT2D eigenvalue weighted by Crippen LogP contribution is 2.23. The molecule has 76 valence electrons. The lowest BCUT2D eigenvalue weighted by Gasteiger charge is -2.15. The van der Waals surface area contributed by atoms with Crippen molar-refractivity contribution in [2.45, 2.75) is 6.10 Å². The van der Waals surface area contributed by atoms with Crippen molar-refractivity contribution in [2.75, 3.05) is 7.11 Å². The molecule has 1 aromatic heterocycles. The van der Waals surface area contributed by atoms with E-state index in [2.05, 4.69) is 17.1 Å². The second-order valence-corrected chi connectivity index (χ2v) is 3.31. The second-order valence-electron chi connectivity index (χ2n) is 3.31. The van der Waals surface area contributed by atoms with Crippen LogP contribution >= 0.6 is 0 Å². The van der Waals surface area contributed by atoms with Crippen molar-refractivity contribution in [3.8, 4) is 0 Å². The van der Waals surface area contributed by atoms with E-state index in [1.807, 2.05) is 36.5 Å². The van der Waals surface area contributed by atoms with Crippen molar-refractivity contribution >= 4 is 0 Å². The molecule has 0 aliphatic carbocycles. The number of hydrogen-bond acceptors (Lipinski definition) is 2. The summed E-state index contributed by atoms with van der Waals surface area (Å²) >= 11 is 0. The molecule has 0 fully saturated rings. The van der Waals surface area contributed by atoms with E-state index in [1.54, 1.807) is 13.3 Å². The van der Waals surface area contributed by atoms with E-state index in [0.29, 0.717) is 0 Å². The normalized spacial score (nSPS) is 12.3. The van der Waals surface area contributed by atoms with Gasteiger partial charge in [-0.1, -0.05) is 36.4 Å². The predicted molar refractivity (Wildman–Crippen MR) is 59.5 cm³/mol. The maximum absolute atomic E-state index is 5.48. The smallest absolute Gasteiger partial charge is 0.109 e. The molecule has 0 saturated heterocycles. The summed E-state index contributed by atoms with van der Waals surface area (Å²) in [7, 11) is 1.71. The first kappa shape index (κ1) is 9.87. The highest BCUT2D eigenvalue weighted by atomic mass is 16.5.